The number of rotatable bonds is 2. The van der Waals surface area contributed by atoms with E-state index in [0.29, 0.717) is 6.04 Å². The topological polar surface area (TPSA) is 29.3 Å². The first kappa shape index (κ1) is 15.3. The molecule has 2 fully saturated rings. The summed E-state index contributed by atoms with van der Waals surface area (Å²) in [5.41, 5.74) is 6.58. The van der Waals surface area contributed by atoms with Crippen molar-refractivity contribution in [1.29, 1.82) is 0 Å². The molecule has 2 heteroatoms. The second kappa shape index (κ2) is 5.73. The lowest BCUT2D eigenvalue weighted by atomic mass is 9.68. The van der Waals surface area contributed by atoms with Crippen molar-refractivity contribution in [3.63, 3.8) is 0 Å². The van der Waals surface area contributed by atoms with Crippen molar-refractivity contribution in [2.24, 2.45) is 29.4 Å². The van der Waals surface area contributed by atoms with Crippen molar-refractivity contribution in [2.75, 3.05) is 13.1 Å². The molecule has 0 spiro atoms. The first-order chi connectivity index (χ1) is 8.88. The fraction of sp³-hybridized carbons (Fsp3) is 1.00. The monoisotopic (exact) mass is 266 g/mol. The normalized spacial score (nSPS) is 49.3. The number of piperidine rings is 1. The Labute approximate surface area is 120 Å². The van der Waals surface area contributed by atoms with Gasteiger partial charge in [0.15, 0.2) is 0 Å². The van der Waals surface area contributed by atoms with Gasteiger partial charge in [0.25, 0.3) is 0 Å². The molecule has 2 N–H and O–H groups in total. The highest BCUT2D eigenvalue weighted by molar-refractivity contribution is 5.01. The van der Waals surface area contributed by atoms with Crippen LogP contribution in [0.1, 0.15) is 60.3 Å². The van der Waals surface area contributed by atoms with Gasteiger partial charge < -0.3 is 5.73 Å². The van der Waals surface area contributed by atoms with Crippen LogP contribution in [0.4, 0.5) is 0 Å². The average molecular weight is 266 g/mol. The fourth-order valence-corrected chi connectivity index (χ4v) is 5.09. The molecule has 2 nitrogen and oxygen atoms in total. The van der Waals surface area contributed by atoms with E-state index in [1.807, 2.05) is 0 Å². The van der Waals surface area contributed by atoms with E-state index >= 15 is 0 Å². The van der Waals surface area contributed by atoms with Crippen LogP contribution in [0.2, 0.25) is 0 Å². The molecule has 1 aliphatic heterocycles. The lowest BCUT2D eigenvalue weighted by Gasteiger charge is -2.56. The van der Waals surface area contributed by atoms with Gasteiger partial charge in [-0.15, -0.1) is 0 Å². The zero-order valence-electron chi connectivity index (χ0n) is 13.7. The summed E-state index contributed by atoms with van der Waals surface area (Å²) in [6, 6.07) is 0.692. The molecule has 0 amide bonds. The first-order valence-electron chi connectivity index (χ1n) is 8.34. The summed E-state index contributed by atoms with van der Waals surface area (Å²) in [5.74, 6) is 3.28. The largest absolute Gasteiger partial charge is 0.329 e. The Morgan fingerprint density at radius 1 is 0.947 bits per heavy atom. The Balaban J connectivity index is 2.23. The summed E-state index contributed by atoms with van der Waals surface area (Å²) in [6.45, 7) is 14.2. The molecule has 0 aromatic carbocycles. The van der Waals surface area contributed by atoms with Crippen LogP contribution in [-0.4, -0.2) is 29.6 Å². The van der Waals surface area contributed by atoms with E-state index in [2.05, 4.69) is 39.5 Å². The quantitative estimate of drug-likeness (QED) is 0.829. The fourth-order valence-electron chi connectivity index (χ4n) is 5.09. The minimum absolute atomic E-state index is 0.277. The van der Waals surface area contributed by atoms with Crippen LogP contribution in [0.15, 0.2) is 0 Å². The number of likely N-dealkylation sites (tertiary alicyclic amines) is 1. The molecule has 1 saturated heterocycles. The van der Waals surface area contributed by atoms with E-state index in [9.17, 15) is 0 Å². The molecule has 0 aromatic heterocycles. The van der Waals surface area contributed by atoms with Gasteiger partial charge in [-0.2, -0.15) is 0 Å². The highest BCUT2D eigenvalue weighted by Gasteiger charge is 2.46. The summed E-state index contributed by atoms with van der Waals surface area (Å²) in [7, 11) is 0. The molecule has 1 heterocycles. The standard InChI is InChI=1S/C17H34N2/c1-12-6-13(2)9-17(8-12,11-18)19-10-14(3)7-15(4)16(19)5/h12-16H,6-11,18H2,1-5H3. The van der Waals surface area contributed by atoms with Gasteiger partial charge in [-0.1, -0.05) is 27.7 Å². The van der Waals surface area contributed by atoms with Gasteiger partial charge in [0.2, 0.25) is 0 Å². The third kappa shape index (κ3) is 3.00. The van der Waals surface area contributed by atoms with E-state index in [4.69, 9.17) is 5.73 Å². The van der Waals surface area contributed by atoms with Crippen LogP contribution in [-0.2, 0) is 0 Å². The van der Waals surface area contributed by atoms with Crippen molar-refractivity contribution in [3.8, 4) is 0 Å². The van der Waals surface area contributed by atoms with E-state index in [0.717, 1.165) is 30.2 Å². The first-order valence-corrected chi connectivity index (χ1v) is 8.34. The van der Waals surface area contributed by atoms with Crippen molar-refractivity contribution < 1.29 is 0 Å². The van der Waals surface area contributed by atoms with E-state index < -0.39 is 0 Å². The molecule has 19 heavy (non-hydrogen) atoms. The zero-order valence-corrected chi connectivity index (χ0v) is 13.7. The molecule has 5 unspecified atom stereocenters. The van der Waals surface area contributed by atoms with Crippen LogP contribution < -0.4 is 5.73 Å². The Morgan fingerprint density at radius 2 is 1.53 bits per heavy atom. The van der Waals surface area contributed by atoms with Gasteiger partial charge in [0, 0.05) is 24.7 Å². The Kier molecular flexibility index (Phi) is 4.62. The number of nitrogens with two attached hydrogens (primary N) is 1. The van der Waals surface area contributed by atoms with Crippen LogP contribution in [0.25, 0.3) is 0 Å². The van der Waals surface area contributed by atoms with Gasteiger partial charge in [-0.3, -0.25) is 4.90 Å². The van der Waals surface area contributed by atoms with Gasteiger partial charge in [0.05, 0.1) is 0 Å². The maximum Gasteiger partial charge on any atom is 0.0339 e. The number of hydrogen-bond donors (Lipinski definition) is 1. The highest BCUT2D eigenvalue weighted by atomic mass is 15.2. The van der Waals surface area contributed by atoms with Crippen LogP contribution >= 0.6 is 0 Å². The predicted octanol–water partition coefficient (Wildman–Crippen LogP) is 3.51. The third-order valence-corrected chi connectivity index (χ3v) is 5.85. The van der Waals surface area contributed by atoms with Gasteiger partial charge in [-0.05, 0) is 56.3 Å². The van der Waals surface area contributed by atoms with Crippen LogP contribution in [0.5, 0.6) is 0 Å². The van der Waals surface area contributed by atoms with Gasteiger partial charge >= 0.3 is 0 Å². The summed E-state index contributed by atoms with van der Waals surface area (Å²) in [6.07, 6.45) is 5.37. The molecule has 112 valence electrons. The van der Waals surface area contributed by atoms with Gasteiger partial charge in [0.1, 0.15) is 0 Å². The van der Waals surface area contributed by atoms with Crippen LogP contribution in [0, 0.1) is 23.7 Å². The smallest absolute Gasteiger partial charge is 0.0339 e. The maximum absolute atomic E-state index is 6.30. The van der Waals surface area contributed by atoms with Crippen molar-refractivity contribution >= 4 is 0 Å². The maximum atomic E-state index is 6.30. The summed E-state index contributed by atoms with van der Waals surface area (Å²) in [4.78, 5) is 2.80. The minimum atomic E-state index is 0.277. The van der Waals surface area contributed by atoms with Gasteiger partial charge in [-0.25, -0.2) is 0 Å². The molecule has 0 radical (unpaired) electrons. The van der Waals surface area contributed by atoms with Crippen LogP contribution in [0.3, 0.4) is 0 Å². The van der Waals surface area contributed by atoms with Crippen molar-refractivity contribution in [1.82, 2.24) is 4.90 Å². The van der Waals surface area contributed by atoms with E-state index in [1.165, 1.54) is 32.2 Å². The van der Waals surface area contributed by atoms with Crippen molar-refractivity contribution in [3.05, 3.63) is 0 Å². The van der Waals surface area contributed by atoms with Crippen molar-refractivity contribution in [2.45, 2.75) is 71.9 Å². The Bertz CT molecular complexity index is 292. The number of hydrogen-bond acceptors (Lipinski definition) is 2. The molecule has 1 aliphatic carbocycles. The average Bonchev–Trinajstić information content (AvgIpc) is 2.32. The second-order valence-corrected chi connectivity index (χ2v) is 7.99. The SMILES string of the molecule is CC1CC(C)C(C)N(C2(CN)CC(C)CC(C)C2)C1. The highest BCUT2D eigenvalue weighted by Crippen LogP contribution is 2.43. The van der Waals surface area contributed by atoms with E-state index in [1.54, 1.807) is 0 Å². The zero-order chi connectivity index (χ0) is 14.2. The summed E-state index contributed by atoms with van der Waals surface area (Å²) >= 11 is 0. The third-order valence-electron chi connectivity index (χ3n) is 5.85. The Morgan fingerprint density at radius 3 is 2.05 bits per heavy atom. The number of nitrogens with zero attached hydrogens (tertiary/aromatic N) is 1. The lowest BCUT2D eigenvalue weighted by Crippen LogP contribution is -2.63. The molecule has 0 bridgehead atoms. The summed E-state index contributed by atoms with van der Waals surface area (Å²) < 4.78 is 0. The molecule has 1 saturated carbocycles. The molecular weight excluding hydrogens is 232 g/mol. The molecule has 5 atom stereocenters. The van der Waals surface area contributed by atoms with E-state index in [-0.39, 0.29) is 5.54 Å². The second-order valence-electron chi connectivity index (χ2n) is 7.99. The Hall–Kier alpha value is -0.0800. The molecule has 0 aromatic rings. The minimum Gasteiger partial charge on any atom is -0.329 e. The molecule has 2 rings (SSSR count). The molecular formula is C17H34N2. The summed E-state index contributed by atoms with van der Waals surface area (Å²) in [5, 5.41) is 0. The molecule has 2 aliphatic rings. The predicted molar refractivity (Wildman–Crippen MR) is 83.1 cm³/mol. The lowest BCUT2D eigenvalue weighted by molar-refractivity contribution is -0.0542.